The number of hydrogen-bond acceptors (Lipinski definition) is 9. The van der Waals surface area contributed by atoms with Crippen molar-refractivity contribution in [3.63, 3.8) is 0 Å². The van der Waals surface area contributed by atoms with E-state index in [4.69, 9.17) is 10.5 Å². The largest absolute Gasteiger partial charge is 0.506 e. The van der Waals surface area contributed by atoms with Crippen molar-refractivity contribution in [2.75, 3.05) is 46.8 Å². The highest BCUT2D eigenvalue weighted by atomic mass is 16.5. The van der Waals surface area contributed by atoms with Gasteiger partial charge in [-0.2, -0.15) is 0 Å². The van der Waals surface area contributed by atoms with Crippen molar-refractivity contribution < 1.29 is 34.1 Å². The molecule has 0 radical (unpaired) electrons. The zero-order valence-corrected chi connectivity index (χ0v) is 21.5. The summed E-state index contributed by atoms with van der Waals surface area (Å²) in [6, 6.07) is 1.06. The lowest BCUT2D eigenvalue weighted by molar-refractivity contribution is -0.168. The molecular formula is C27H31N3O7. The average molecular weight is 510 g/mol. The van der Waals surface area contributed by atoms with E-state index in [-0.39, 0.29) is 36.3 Å². The maximum Gasteiger partial charge on any atom is 0.252 e. The van der Waals surface area contributed by atoms with E-state index in [1.807, 2.05) is 4.90 Å². The Labute approximate surface area is 215 Å². The topological polar surface area (TPSA) is 150 Å². The maximum absolute atomic E-state index is 13.9. The number of methoxy groups -OCH3 is 1. The first kappa shape index (κ1) is 26.5. The number of likely N-dealkylation sites (N-methyl/N-ethyl adjacent to an activating group) is 1. The van der Waals surface area contributed by atoms with Crippen LogP contribution in [0.25, 0.3) is 0 Å². The molecule has 0 aliphatic heterocycles. The number of aromatic hydroxyl groups is 1. The molecule has 0 saturated heterocycles. The molecule has 4 rings (SSSR count). The van der Waals surface area contributed by atoms with Gasteiger partial charge in [0, 0.05) is 38.9 Å². The van der Waals surface area contributed by atoms with E-state index in [2.05, 4.69) is 11.8 Å². The second-order valence-corrected chi connectivity index (χ2v) is 10.3. The molecule has 4 N–H and O–H groups in total. The molecule has 10 nitrogen and oxygen atoms in total. The van der Waals surface area contributed by atoms with Crippen molar-refractivity contribution in [3.05, 3.63) is 34.4 Å². The molecule has 0 spiro atoms. The third kappa shape index (κ3) is 3.94. The Hall–Kier alpha value is -3.52. The van der Waals surface area contributed by atoms with Gasteiger partial charge in [-0.3, -0.25) is 19.2 Å². The Kier molecular flexibility index (Phi) is 6.75. The molecule has 3 aliphatic rings. The standard InChI is InChI=1S/C27H31N3O7/c1-29(2)18-11-13(7-6-8-37-5)22(31)21-15(18)9-14-10-17-19(30(3)4)12-16(26(28)35)24(33)27(17,36)25(34)20(14)23(21)32/h11-12,14,17,19-20,31,36H,8-10H2,1-5H3,(H2,28,35)/t14-,17-,19+,20?,27+/m0/s1. The Morgan fingerprint density at radius 1 is 1.24 bits per heavy atom. The third-order valence-electron chi connectivity index (χ3n) is 7.73. The van der Waals surface area contributed by atoms with Crippen LogP contribution in [0.4, 0.5) is 5.69 Å². The average Bonchev–Trinajstić information content (AvgIpc) is 2.82. The van der Waals surface area contributed by atoms with Crippen LogP contribution in [0, 0.1) is 29.6 Å². The summed E-state index contributed by atoms with van der Waals surface area (Å²) in [6.45, 7) is 0.115. The Balaban J connectivity index is 1.89. The van der Waals surface area contributed by atoms with Crippen LogP contribution < -0.4 is 10.6 Å². The summed E-state index contributed by atoms with van der Waals surface area (Å²) in [5, 5.41) is 22.7. The molecule has 10 heteroatoms. The number of hydrogen-bond donors (Lipinski definition) is 3. The van der Waals surface area contributed by atoms with E-state index in [0.29, 0.717) is 11.3 Å². The lowest BCUT2D eigenvalue weighted by atomic mass is 9.54. The van der Waals surface area contributed by atoms with Gasteiger partial charge < -0.3 is 30.5 Å². The highest BCUT2D eigenvalue weighted by Gasteiger charge is 2.65. The van der Waals surface area contributed by atoms with Crippen LogP contribution in [0.2, 0.25) is 0 Å². The van der Waals surface area contributed by atoms with E-state index in [1.54, 1.807) is 39.2 Å². The molecule has 0 heterocycles. The van der Waals surface area contributed by atoms with Crippen LogP contribution in [0.5, 0.6) is 5.75 Å². The van der Waals surface area contributed by atoms with Gasteiger partial charge in [0.1, 0.15) is 12.4 Å². The summed E-state index contributed by atoms with van der Waals surface area (Å²) < 4.78 is 4.94. The summed E-state index contributed by atoms with van der Waals surface area (Å²) >= 11 is 0. The van der Waals surface area contributed by atoms with Gasteiger partial charge in [0.05, 0.1) is 22.6 Å². The van der Waals surface area contributed by atoms with Crippen LogP contribution in [-0.2, 0) is 25.5 Å². The van der Waals surface area contributed by atoms with Crippen molar-refractivity contribution in [2.24, 2.45) is 23.5 Å². The fourth-order valence-electron chi connectivity index (χ4n) is 6.02. The molecule has 1 aromatic carbocycles. The number of phenols is 1. The highest BCUT2D eigenvalue weighted by molar-refractivity contribution is 6.32. The van der Waals surface area contributed by atoms with Gasteiger partial charge in [-0.15, -0.1) is 0 Å². The van der Waals surface area contributed by atoms with Crippen molar-refractivity contribution >= 4 is 28.9 Å². The number of fused-ring (bicyclic) bond motifs is 3. The van der Waals surface area contributed by atoms with Gasteiger partial charge >= 0.3 is 0 Å². The number of aliphatic hydroxyl groups is 1. The van der Waals surface area contributed by atoms with E-state index in [0.717, 1.165) is 0 Å². The molecular weight excluding hydrogens is 478 g/mol. The number of ketones is 3. The highest BCUT2D eigenvalue weighted by Crippen LogP contribution is 2.51. The van der Waals surface area contributed by atoms with Crippen LogP contribution in [0.3, 0.4) is 0 Å². The number of nitrogens with two attached hydrogens (primary N) is 1. The molecule has 1 unspecified atom stereocenters. The molecule has 0 bridgehead atoms. The second kappa shape index (κ2) is 9.41. The second-order valence-electron chi connectivity index (χ2n) is 10.3. The summed E-state index contributed by atoms with van der Waals surface area (Å²) in [7, 11) is 8.51. The first-order chi connectivity index (χ1) is 17.4. The van der Waals surface area contributed by atoms with Gasteiger partial charge in [-0.1, -0.05) is 17.9 Å². The number of ether oxygens (including phenoxy) is 1. The van der Waals surface area contributed by atoms with Crippen molar-refractivity contribution in [1.82, 2.24) is 4.90 Å². The predicted molar refractivity (Wildman–Crippen MR) is 134 cm³/mol. The number of primary amides is 1. The molecule has 1 saturated carbocycles. The van der Waals surface area contributed by atoms with Gasteiger partial charge in [0.25, 0.3) is 5.91 Å². The van der Waals surface area contributed by atoms with Crippen LogP contribution in [-0.4, -0.2) is 91.9 Å². The van der Waals surface area contributed by atoms with Crippen LogP contribution in [0.15, 0.2) is 17.7 Å². The van der Waals surface area contributed by atoms with Crippen LogP contribution in [0.1, 0.15) is 27.9 Å². The fourth-order valence-corrected chi connectivity index (χ4v) is 6.02. The number of carbonyl (C=O) groups excluding carboxylic acids is 4. The Morgan fingerprint density at radius 3 is 2.49 bits per heavy atom. The number of amides is 1. The minimum atomic E-state index is -2.59. The number of Topliss-reactive ketones (excluding diaryl/α,β-unsaturated/α-hetero) is 3. The Bertz CT molecular complexity index is 1300. The van der Waals surface area contributed by atoms with Gasteiger partial charge in [-0.05, 0) is 44.5 Å². The number of rotatable bonds is 4. The quantitative estimate of drug-likeness (QED) is 0.282. The lowest BCUT2D eigenvalue weighted by Crippen LogP contribution is -2.68. The minimum absolute atomic E-state index is 0.0392. The molecule has 196 valence electrons. The number of phenolic OH excluding ortho intramolecular Hbond substituents is 1. The van der Waals surface area contributed by atoms with E-state index in [1.165, 1.54) is 13.2 Å². The summed E-state index contributed by atoms with van der Waals surface area (Å²) in [5.41, 5.74) is 3.78. The SMILES string of the molecule is COCC#Cc1cc(N(C)C)c2c(c1O)C(=O)C1C(=O)[C@]3(O)C(=O)C(C(N)=O)=C[C@@H](N(C)C)[C@@H]3C[C@@H]1C2. The molecule has 1 aromatic rings. The predicted octanol–water partition coefficient (Wildman–Crippen LogP) is -0.328. The van der Waals surface area contributed by atoms with E-state index < -0.39 is 58.2 Å². The zero-order valence-electron chi connectivity index (χ0n) is 21.5. The lowest BCUT2D eigenvalue weighted by Gasteiger charge is -2.51. The maximum atomic E-state index is 13.9. The fraction of sp³-hybridized carbons (Fsp3) is 0.481. The molecule has 3 aliphatic carbocycles. The minimum Gasteiger partial charge on any atom is -0.506 e. The molecule has 1 amide bonds. The first-order valence-electron chi connectivity index (χ1n) is 11.9. The molecule has 5 atom stereocenters. The van der Waals surface area contributed by atoms with Crippen LogP contribution >= 0.6 is 0 Å². The normalized spacial score (nSPS) is 28.5. The third-order valence-corrected chi connectivity index (χ3v) is 7.73. The monoisotopic (exact) mass is 509 g/mol. The zero-order chi connectivity index (χ0) is 27.4. The van der Waals surface area contributed by atoms with Crippen molar-refractivity contribution in [2.45, 2.75) is 24.5 Å². The molecule has 0 aromatic heterocycles. The van der Waals surface area contributed by atoms with E-state index in [9.17, 15) is 29.4 Å². The number of nitrogens with zero attached hydrogens (tertiary/aromatic N) is 2. The van der Waals surface area contributed by atoms with Gasteiger partial charge in [-0.25, -0.2) is 0 Å². The summed E-state index contributed by atoms with van der Waals surface area (Å²) in [6.07, 6.45) is 1.86. The first-order valence-corrected chi connectivity index (χ1v) is 11.9. The van der Waals surface area contributed by atoms with Crippen molar-refractivity contribution in [3.8, 4) is 17.6 Å². The van der Waals surface area contributed by atoms with Crippen molar-refractivity contribution in [1.29, 1.82) is 0 Å². The molecule has 37 heavy (non-hydrogen) atoms. The number of carbonyl (C=O) groups is 4. The number of anilines is 1. The smallest absolute Gasteiger partial charge is 0.252 e. The molecule has 1 fully saturated rings. The summed E-state index contributed by atoms with van der Waals surface area (Å²) in [4.78, 5) is 56.6. The van der Waals surface area contributed by atoms with E-state index >= 15 is 0 Å². The van der Waals surface area contributed by atoms with Gasteiger partial charge in [0.2, 0.25) is 5.78 Å². The Morgan fingerprint density at radius 2 is 1.92 bits per heavy atom. The summed E-state index contributed by atoms with van der Waals surface area (Å²) in [5.74, 6) is -1.32. The number of benzene rings is 1. The van der Waals surface area contributed by atoms with Gasteiger partial charge in [0.15, 0.2) is 17.2 Å².